The second kappa shape index (κ2) is 9.87. The monoisotopic (exact) mass is 580 g/mol. The number of rotatable bonds is 5. The van der Waals surface area contributed by atoms with Crippen LogP contribution in [0.4, 0.5) is 35.5 Å². The van der Waals surface area contributed by atoms with Crippen LogP contribution in [0.3, 0.4) is 0 Å². The zero-order valence-corrected chi connectivity index (χ0v) is 21.7. The van der Waals surface area contributed by atoms with Gasteiger partial charge in [-0.15, -0.1) is 0 Å². The molecule has 2 heterocycles. The summed E-state index contributed by atoms with van der Waals surface area (Å²) < 4.78 is 99.6. The van der Waals surface area contributed by atoms with Crippen molar-refractivity contribution in [1.29, 1.82) is 5.41 Å². The highest BCUT2D eigenvalue weighted by molar-refractivity contribution is 5.95. The Morgan fingerprint density at radius 1 is 0.975 bits per heavy atom. The molecule has 1 aliphatic rings. The number of pyridine rings is 1. The van der Waals surface area contributed by atoms with E-state index >= 15 is 0 Å². The molecule has 0 saturated carbocycles. The van der Waals surface area contributed by atoms with Crippen LogP contribution in [0.15, 0.2) is 42.7 Å². The fourth-order valence-corrected chi connectivity index (χ4v) is 4.61. The Kier molecular flexibility index (Phi) is 7.67. The van der Waals surface area contributed by atoms with Gasteiger partial charge in [-0.25, -0.2) is 9.18 Å². The van der Waals surface area contributed by atoms with Gasteiger partial charge in [0.15, 0.2) is 5.84 Å². The number of hydroxylamine groups is 1. The number of ether oxygens (including phenoxy) is 1. The van der Waals surface area contributed by atoms with Crippen LogP contribution in [0.25, 0.3) is 0 Å². The number of halogens is 7. The fraction of sp³-hybridized carbons (Fsp3) is 0.480. The molecular weight excluding hydrogens is 553 g/mol. The standard InChI is InChI=1S/C25H27F7N4O4/c1-20(2,3)40-19(37)36-12-21(4,13-36)22(38,17-9-14(10-34-11-17)18(33)35-39)15-5-7-16(8-6-15)23(26,24(27,28)29)25(30,31)32/h5-11,38-39H,12-13H2,1-4H3,(H2,33,35). The maximum Gasteiger partial charge on any atom is 0.435 e. The van der Waals surface area contributed by atoms with Gasteiger partial charge in [-0.2, -0.15) is 26.3 Å². The van der Waals surface area contributed by atoms with Gasteiger partial charge in [0.05, 0.1) is 0 Å². The second-order valence-electron chi connectivity index (χ2n) is 10.8. The van der Waals surface area contributed by atoms with E-state index in [0.29, 0.717) is 0 Å². The lowest BCUT2D eigenvalue weighted by Gasteiger charge is -2.56. The van der Waals surface area contributed by atoms with E-state index in [2.05, 4.69) is 4.98 Å². The predicted octanol–water partition coefficient (Wildman–Crippen LogP) is 5.17. The van der Waals surface area contributed by atoms with Gasteiger partial charge < -0.3 is 14.7 Å². The van der Waals surface area contributed by atoms with Crippen molar-refractivity contribution in [3.05, 3.63) is 65.0 Å². The Labute approximate surface area is 224 Å². The van der Waals surface area contributed by atoms with Crippen LogP contribution < -0.4 is 5.48 Å². The molecular formula is C25H27F7N4O4. The maximum absolute atomic E-state index is 14.6. The number of aromatic nitrogens is 1. The third kappa shape index (κ3) is 5.19. The molecule has 220 valence electrons. The molecule has 0 aliphatic carbocycles. The minimum absolute atomic E-state index is 0.0288. The van der Waals surface area contributed by atoms with Gasteiger partial charge in [0, 0.05) is 47.6 Å². The summed E-state index contributed by atoms with van der Waals surface area (Å²) in [5.41, 5.74) is -10.6. The number of carbonyl (C=O) groups excluding carboxylic acids is 1. The third-order valence-electron chi connectivity index (χ3n) is 6.64. The first-order chi connectivity index (χ1) is 18.1. The van der Waals surface area contributed by atoms with Crippen molar-refractivity contribution in [3.63, 3.8) is 0 Å². The maximum atomic E-state index is 14.6. The number of nitrogens with one attached hydrogen (secondary N) is 2. The highest BCUT2D eigenvalue weighted by Crippen LogP contribution is 2.55. The molecule has 1 aromatic carbocycles. The molecule has 0 bridgehead atoms. The summed E-state index contributed by atoms with van der Waals surface area (Å²) in [5.74, 6) is -0.529. The lowest BCUT2D eigenvalue weighted by atomic mass is 9.62. The molecule has 2 aromatic rings. The van der Waals surface area contributed by atoms with E-state index in [1.54, 1.807) is 26.3 Å². The van der Waals surface area contributed by atoms with Crippen LogP contribution in [-0.2, 0) is 16.0 Å². The number of hydrogen-bond acceptors (Lipinski definition) is 6. The molecule has 1 fully saturated rings. The normalized spacial score (nSPS) is 17.5. The minimum atomic E-state index is -6.33. The van der Waals surface area contributed by atoms with E-state index in [0.717, 1.165) is 24.5 Å². The smallest absolute Gasteiger partial charge is 0.435 e. The van der Waals surface area contributed by atoms with Crippen LogP contribution in [0.1, 0.15) is 49.9 Å². The summed E-state index contributed by atoms with van der Waals surface area (Å²) in [6.45, 7) is 6.08. The summed E-state index contributed by atoms with van der Waals surface area (Å²) in [6.07, 6.45) is -11.1. The minimum Gasteiger partial charge on any atom is -0.444 e. The third-order valence-corrected chi connectivity index (χ3v) is 6.64. The molecule has 1 amide bonds. The number of amides is 1. The van der Waals surface area contributed by atoms with Crippen molar-refractivity contribution >= 4 is 11.9 Å². The number of nitrogens with zero attached hydrogens (tertiary/aromatic N) is 2. The number of benzene rings is 1. The molecule has 8 nitrogen and oxygen atoms in total. The predicted molar refractivity (Wildman–Crippen MR) is 126 cm³/mol. The zero-order chi connectivity index (χ0) is 30.5. The van der Waals surface area contributed by atoms with Gasteiger partial charge in [0.1, 0.15) is 11.2 Å². The van der Waals surface area contributed by atoms with Gasteiger partial charge >= 0.3 is 24.1 Å². The summed E-state index contributed by atoms with van der Waals surface area (Å²) in [4.78, 5) is 17.7. The molecule has 3 rings (SSSR count). The van der Waals surface area contributed by atoms with Gasteiger partial charge in [-0.3, -0.25) is 21.1 Å². The first kappa shape index (κ1) is 31.1. The van der Waals surface area contributed by atoms with E-state index in [4.69, 9.17) is 15.4 Å². The summed E-state index contributed by atoms with van der Waals surface area (Å²) >= 11 is 0. The van der Waals surface area contributed by atoms with E-state index in [1.165, 1.54) is 17.9 Å². The lowest BCUT2D eigenvalue weighted by molar-refractivity contribution is -0.348. The van der Waals surface area contributed by atoms with Crippen LogP contribution in [0, 0.1) is 10.8 Å². The molecule has 1 unspecified atom stereocenters. The number of carbonyl (C=O) groups is 1. The Bertz CT molecular complexity index is 1260. The van der Waals surface area contributed by atoms with Crippen LogP contribution in [-0.4, -0.2) is 63.2 Å². The van der Waals surface area contributed by atoms with Gasteiger partial charge in [-0.05, 0) is 32.4 Å². The molecule has 1 saturated heterocycles. The van der Waals surface area contributed by atoms with Gasteiger partial charge in [-0.1, -0.05) is 31.2 Å². The number of aliphatic hydroxyl groups is 1. The van der Waals surface area contributed by atoms with Crippen molar-refractivity contribution in [2.24, 2.45) is 5.41 Å². The van der Waals surface area contributed by atoms with Crippen molar-refractivity contribution in [2.45, 2.75) is 56.9 Å². The summed E-state index contributed by atoms with van der Waals surface area (Å²) in [7, 11) is 0. The number of alkyl halides is 7. The first-order valence-corrected chi connectivity index (χ1v) is 11.7. The number of amidine groups is 1. The Morgan fingerprint density at radius 2 is 1.48 bits per heavy atom. The average molecular weight is 581 g/mol. The Balaban J connectivity index is 2.14. The van der Waals surface area contributed by atoms with Crippen LogP contribution in [0.2, 0.25) is 0 Å². The number of hydrogen-bond donors (Lipinski definition) is 4. The van der Waals surface area contributed by atoms with Crippen molar-refractivity contribution in [2.75, 3.05) is 13.1 Å². The summed E-state index contributed by atoms with van der Waals surface area (Å²) in [6, 6.07) is 3.24. The average Bonchev–Trinajstić information content (AvgIpc) is 2.82. The topological polar surface area (TPSA) is 119 Å². The zero-order valence-electron chi connectivity index (χ0n) is 21.7. The van der Waals surface area contributed by atoms with Gasteiger partial charge in [0.2, 0.25) is 0 Å². The Hall–Kier alpha value is -3.46. The first-order valence-electron chi connectivity index (χ1n) is 11.7. The Morgan fingerprint density at radius 3 is 1.93 bits per heavy atom. The van der Waals surface area contributed by atoms with E-state index < -0.39 is 52.1 Å². The fourth-order valence-electron chi connectivity index (χ4n) is 4.61. The quantitative estimate of drug-likeness (QED) is 0.168. The van der Waals surface area contributed by atoms with E-state index in [1.807, 2.05) is 0 Å². The largest absolute Gasteiger partial charge is 0.444 e. The van der Waals surface area contributed by atoms with E-state index in [9.17, 15) is 40.6 Å². The second-order valence-corrected chi connectivity index (χ2v) is 10.8. The summed E-state index contributed by atoms with van der Waals surface area (Å²) in [5, 5.41) is 29.0. The van der Waals surface area contributed by atoms with E-state index in [-0.39, 0.29) is 41.9 Å². The highest BCUT2D eigenvalue weighted by Gasteiger charge is 2.73. The number of likely N-dealkylation sites (tertiary alicyclic amines) is 1. The van der Waals surface area contributed by atoms with Gasteiger partial charge in [0.25, 0.3) is 0 Å². The highest BCUT2D eigenvalue weighted by atomic mass is 19.4. The molecule has 1 aliphatic heterocycles. The molecule has 0 spiro atoms. The van der Waals surface area contributed by atoms with Crippen molar-refractivity contribution in [1.82, 2.24) is 15.4 Å². The molecule has 4 N–H and O–H groups in total. The SMILES string of the molecule is CC(C)(C)OC(=O)N1CC(C)(C(O)(c2ccc(C(F)(C(F)(F)F)C(F)(F)F)cc2)c2cncc(C(=N)NO)c2)C1. The molecule has 1 atom stereocenters. The lowest BCUT2D eigenvalue weighted by Crippen LogP contribution is -2.66. The van der Waals surface area contributed by atoms with Crippen molar-refractivity contribution < 1.29 is 50.6 Å². The molecule has 15 heteroatoms. The van der Waals surface area contributed by atoms with Crippen LogP contribution >= 0.6 is 0 Å². The van der Waals surface area contributed by atoms with Crippen molar-refractivity contribution in [3.8, 4) is 0 Å². The molecule has 40 heavy (non-hydrogen) atoms. The molecule has 0 radical (unpaired) electrons. The van der Waals surface area contributed by atoms with Crippen LogP contribution in [0.5, 0.6) is 0 Å². The molecule has 1 aromatic heterocycles.